The maximum absolute atomic E-state index is 4.18. The zero-order chi connectivity index (χ0) is 8.67. The van der Waals surface area contributed by atoms with Gasteiger partial charge in [0.25, 0.3) is 0 Å². The van der Waals surface area contributed by atoms with Crippen LogP contribution in [-0.2, 0) is 6.42 Å². The molecule has 2 heterocycles. The Balaban J connectivity index is 1.74. The van der Waals surface area contributed by atoms with Crippen molar-refractivity contribution in [2.45, 2.75) is 25.3 Å². The van der Waals surface area contributed by atoms with Gasteiger partial charge in [-0.2, -0.15) is 0 Å². The quantitative estimate of drug-likeness (QED) is 0.727. The van der Waals surface area contributed by atoms with Gasteiger partial charge in [-0.1, -0.05) is 0 Å². The smallest absolute Gasteiger partial charge is 0.133 e. The summed E-state index contributed by atoms with van der Waals surface area (Å²) in [4.78, 5) is 0. The zero-order valence-electron chi connectivity index (χ0n) is 7.61. The van der Waals surface area contributed by atoms with Gasteiger partial charge in [0.2, 0.25) is 0 Å². The maximum atomic E-state index is 4.18. The van der Waals surface area contributed by atoms with Crippen molar-refractivity contribution in [2.75, 3.05) is 13.1 Å². The molecule has 1 saturated heterocycles. The van der Waals surface area contributed by atoms with Crippen LogP contribution in [0.4, 0.5) is 0 Å². The van der Waals surface area contributed by atoms with Gasteiger partial charge >= 0.3 is 0 Å². The Morgan fingerprint density at radius 1 is 1.46 bits per heavy atom. The first-order valence-electron chi connectivity index (χ1n) is 5.02. The molecule has 1 aromatic rings. The summed E-state index contributed by atoms with van der Waals surface area (Å²) in [5.41, 5.74) is 0. The summed E-state index contributed by atoms with van der Waals surface area (Å²) in [6.07, 6.45) is 5.62. The second kappa shape index (κ2) is 2.80. The molecule has 1 aromatic heterocycles. The maximum Gasteiger partial charge on any atom is 0.133 e. The van der Waals surface area contributed by atoms with E-state index in [9.17, 15) is 0 Å². The molecule has 0 spiro atoms. The van der Waals surface area contributed by atoms with E-state index in [1.54, 1.807) is 0 Å². The monoisotopic (exact) mass is 178 g/mol. The second-order valence-electron chi connectivity index (χ2n) is 4.11. The molecule has 1 aliphatic heterocycles. The average Bonchev–Trinajstić information content (AvgIpc) is 2.79. The van der Waals surface area contributed by atoms with E-state index in [0.717, 1.165) is 31.5 Å². The van der Waals surface area contributed by atoms with Gasteiger partial charge in [0.05, 0.1) is 0 Å². The standard InChI is InChI=1S/C9H14N4/c1-2-8(1)13-6-11-12-9(13)3-7-4-10-5-7/h6-8,10H,1-5H2. The topological polar surface area (TPSA) is 42.7 Å². The van der Waals surface area contributed by atoms with Crippen LogP contribution < -0.4 is 5.32 Å². The third kappa shape index (κ3) is 1.35. The summed E-state index contributed by atoms with van der Waals surface area (Å²) in [5.74, 6) is 1.98. The highest BCUT2D eigenvalue weighted by molar-refractivity contribution is 4.97. The first-order valence-corrected chi connectivity index (χ1v) is 5.02. The van der Waals surface area contributed by atoms with Gasteiger partial charge in [0, 0.05) is 12.5 Å². The van der Waals surface area contributed by atoms with Crippen molar-refractivity contribution in [2.24, 2.45) is 5.92 Å². The van der Waals surface area contributed by atoms with Crippen LogP contribution in [0.1, 0.15) is 24.7 Å². The Morgan fingerprint density at radius 2 is 2.31 bits per heavy atom. The molecule has 3 rings (SSSR count). The van der Waals surface area contributed by atoms with Crippen molar-refractivity contribution < 1.29 is 0 Å². The molecule has 0 atom stereocenters. The van der Waals surface area contributed by atoms with Crippen molar-refractivity contribution in [3.63, 3.8) is 0 Å². The van der Waals surface area contributed by atoms with Gasteiger partial charge in [0.15, 0.2) is 0 Å². The molecule has 1 saturated carbocycles. The minimum Gasteiger partial charge on any atom is -0.316 e. The highest BCUT2D eigenvalue weighted by Gasteiger charge is 2.27. The summed E-state index contributed by atoms with van der Waals surface area (Å²) in [6.45, 7) is 2.30. The van der Waals surface area contributed by atoms with Crippen molar-refractivity contribution in [1.82, 2.24) is 20.1 Å². The Hall–Kier alpha value is -0.900. The fourth-order valence-electron chi connectivity index (χ4n) is 1.82. The van der Waals surface area contributed by atoms with Crippen LogP contribution in [-0.4, -0.2) is 27.9 Å². The molecule has 2 aliphatic rings. The van der Waals surface area contributed by atoms with Crippen LogP contribution in [0.25, 0.3) is 0 Å². The molecule has 1 aliphatic carbocycles. The summed E-state index contributed by atoms with van der Waals surface area (Å²) in [7, 11) is 0. The van der Waals surface area contributed by atoms with Crippen LogP contribution in [0.2, 0.25) is 0 Å². The lowest BCUT2D eigenvalue weighted by Crippen LogP contribution is -2.43. The number of aromatic nitrogens is 3. The number of nitrogens with zero attached hydrogens (tertiary/aromatic N) is 3. The number of rotatable bonds is 3. The van der Waals surface area contributed by atoms with Gasteiger partial charge in [-0.3, -0.25) is 0 Å². The lowest BCUT2D eigenvalue weighted by molar-refractivity contribution is 0.336. The molecule has 0 unspecified atom stereocenters. The van der Waals surface area contributed by atoms with E-state index in [-0.39, 0.29) is 0 Å². The summed E-state index contributed by atoms with van der Waals surface area (Å²) >= 11 is 0. The summed E-state index contributed by atoms with van der Waals surface area (Å²) < 4.78 is 2.26. The largest absolute Gasteiger partial charge is 0.316 e. The molecule has 0 radical (unpaired) electrons. The van der Waals surface area contributed by atoms with Crippen LogP contribution >= 0.6 is 0 Å². The van der Waals surface area contributed by atoms with E-state index in [1.807, 2.05) is 6.33 Å². The average molecular weight is 178 g/mol. The van der Waals surface area contributed by atoms with Crippen LogP contribution in [0.15, 0.2) is 6.33 Å². The molecule has 13 heavy (non-hydrogen) atoms. The predicted molar refractivity (Wildman–Crippen MR) is 48.4 cm³/mol. The number of hydrogen-bond acceptors (Lipinski definition) is 3. The van der Waals surface area contributed by atoms with Crippen LogP contribution in [0.5, 0.6) is 0 Å². The molecule has 1 N–H and O–H groups in total. The molecule has 0 bridgehead atoms. The molecule has 0 amide bonds. The Kier molecular flexibility index (Phi) is 1.62. The second-order valence-corrected chi connectivity index (χ2v) is 4.11. The van der Waals surface area contributed by atoms with Gasteiger partial charge in [0.1, 0.15) is 12.2 Å². The van der Waals surface area contributed by atoms with E-state index in [0.29, 0.717) is 0 Å². The molecule has 2 fully saturated rings. The van der Waals surface area contributed by atoms with Crippen molar-refractivity contribution in [3.8, 4) is 0 Å². The lowest BCUT2D eigenvalue weighted by atomic mass is 9.99. The van der Waals surface area contributed by atoms with Gasteiger partial charge in [-0.15, -0.1) is 10.2 Å². The normalized spacial score (nSPS) is 23.1. The minimum atomic E-state index is 0.720. The predicted octanol–water partition coefficient (Wildman–Crippen LogP) is 0.375. The van der Waals surface area contributed by atoms with E-state index >= 15 is 0 Å². The van der Waals surface area contributed by atoms with Crippen LogP contribution in [0.3, 0.4) is 0 Å². The first kappa shape index (κ1) is 7.50. The molecule has 70 valence electrons. The Labute approximate surface area is 77.4 Å². The van der Waals surface area contributed by atoms with E-state index in [1.165, 1.54) is 18.7 Å². The summed E-state index contributed by atoms with van der Waals surface area (Å²) in [6, 6.07) is 0.720. The van der Waals surface area contributed by atoms with E-state index in [2.05, 4.69) is 20.1 Å². The fraction of sp³-hybridized carbons (Fsp3) is 0.778. The van der Waals surface area contributed by atoms with Crippen molar-refractivity contribution in [1.29, 1.82) is 0 Å². The van der Waals surface area contributed by atoms with E-state index < -0.39 is 0 Å². The minimum absolute atomic E-state index is 0.720. The number of nitrogens with one attached hydrogen (secondary N) is 1. The number of hydrogen-bond donors (Lipinski definition) is 1. The molecular formula is C9H14N4. The van der Waals surface area contributed by atoms with Gasteiger partial charge < -0.3 is 9.88 Å². The first-order chi connectivity index (χ1) is 6.43. The SMILES string of the molecule is c1nnc(CC2CNC2)n1C1CC1. The zero-order valence-corrected chi connectivity index (χ0v) is 7.61. The van der Waals surface area contributed by atoms with Crippen molar-refractivity contribution >= 4 is 0 Å². The molecule has 0 aromatic carbocycles. The Bertz CT molecular complexity index is 298. The highest BCUT2D eigenvalue weighted by atomic mass is 15.3. The highest BCUT2D eigenvalue weighted by Crippen LogP contribution is 2.35. The molecule has 4 heteroatoms. The van der Waals surface area contributed by atoms with Gasteiger partial charge in [-0.25, -0.2) is 0 Å². The third-order valence-electron chi connectivity index (χ3n) is 2.92. The summed E-state index contributed by atoms with van der Waals surface area (Å²) in [5, 5.41) is 11.5. The van der Waals surface area contributed by atoms with Crippen molar-refractivity contribution in [3.05, 3.63) is 12.2 Å². The molecular weight excluding hydrogens is 164 g/mol. The van der Waals surface area contributed by atoms with Gasteiger partial charge in [-0.05, 0) is 31.8 Å². The van der Waals surface area contributed by atoms with Crippen LogP contribution in [0, 0.1) is 5.92 Å². The molecule has 4 nitrogen and oxygen atoms in total. The fourth-order valence-corrected chi connectivity index (χ4v) is 1.82. The van der Waals surface area contributed by atoms with E-state index in [4.69, 9.17) is 0 Å². The Morgan fingerprint density at radius 3 is 2.92 bits per heavy atom. The third-order valence-corrected chi connectivity index (χ3v) is 2.92. The lowest BCUT2D eigenvalue weighted by Gasteiger charge is -2.26.